The van der Waals surface area contributed by atoms with Gasteiger partial charge in [-0.1, -0.05) is 6.07 Å². The molecule has 0 spiro atoms. The molecule has 0 bridgehead atoms. The van der Waals surface area contributed by atoms with E-state index in [1.807, 2.05) is 0 Å². The number of amides is 5. The van der Waals surface area contributed by atoms with Crippen molar-refractivity contribution < 1.29 is 28.7 Å². The highest BCUT2D eigenvalue weighted by molar-refractivity contribution is 6.24. The van der Waals surface area contributed by atoms with E-state index in [2.05, 4.69) is 16.0 Å². The van der Waals surface area contributed by atoms with Crippen LogP contribution in [0.2, 0.25) is 0 Å². The first kappa shape index (κ1) is 19.1. The number of fused-ring (bicyclic) bond motifs is 1. The van der Waals surface area contributed by atoms with Crippen LogP contribution in [0.1, 0.15) is 40.0 Å². The highest BCUT2D eigenvalue weighted by Crippen LogP contribution is 2.33. The zero-order valence-electron chi connectivity index (χ0n) is 15.5. The molecule has 0 aliphatic carbocycles. The lowest BCUT2D eigenvalue weighted by Gasteiger charge is -2.27. The minimum atomic E-state index is -1.05. The summed E-state index contributed by atoms with van der Waals surface area (Å²) in [6.07, 6.45) is 0.952. The molecule has 3 aliphatic heterocycles. The molecule has 152 valence electrons. The molecule has 0 aromatic heterocycles. The summed E-state index contributed by atoms with van der Waals surface area (Å²) in [5.74, 6) is -2.62. The number of nitrogens with zero attached hydrogens (tertiary/aromatic N) is 1. The van der Waals surface area contributed by atoms with E-state index in [1.165, 1.54) is 12.1 Å². The van der Waals surface area contributed by atoms with Crippen molar-refractivity contribution in [3.8, 4) is 5.75 Å². The van der Waals surface area contributed by atoms with Crippen LogP contribution < -0.4 is 20.7 Å². The van der Waals surface area contributed by atoms with Crippen molar-refractivity contribution in [3.05, 3.63) is 29.3 Å². The highest BCUT2D eigenvalue weighted by atomic mass is 16.5. The lowest BCUT2D eigenvalue weighted by atomic mass is 10.0. The van der Waals surface area contributed by atoms with Gasteiger partial charge in [0.05, 0.1) is 11.1 Å². The summed E-state index contributed by atoms with van der Waals surface area (Å²) in [5.41, 5.74) is 0.134. The molecule has 0 saturated carbocycles. The largest absolute Gasteiger partial charge is 0.483 e. The Morgan fingerprint density at radius 3 is 2.72 bits per heavy atom. The van der Waals surface area contributed by atoms with Gasteiger partial charge in [-0.15, -0.1) is 0 Å². The molecule has 29 heavy (non-hydrogen) atoms. The Kier molecular flexibility index (Phi) is 5.01. The molecular weight excluding hydrogens is 380 g/mol. The molecule has 1 aromatic carbocycles. The maximum absolute atomic E-state index is 12.9. The predicted molar refractivity (Wildman–Crippen MR) is 98.0 cm³/mol. The molecule has 2 fully saturated rings. The van der Waals surface area contributed by atoms with Gasteiger partial charge in [0.2, 0.25) is 11.8 Å². The van der Waals surface area contributed by atoms with Gasteiger partial charge >= 0.3 is 0 Å². The molecule has 1 aromatic rings. The van der Waals surface area contributed by atoms with Gasteiger partial charge in [-0.2, -0.15) is 0 Å². The molecular formula is C19H20N4O6. The van der Waals surface area contributed by atoms with Crippen LogP contribution in [-0.2, 0) is 14.4 Å². The average molecular weight is 400 g/mol. The van der Waals surface area contributed by atoms with Crippen molar-refractivity contribution >= 4 is 29.5 Å². The molecule has 5 amide bonds. The summed E-state index contributed by atoms with van der Waals surface area (Å²) in [7, 11) is 0. The summed E-state index contributed by atoms with van der Waals surface area (Å²) in [5, 5.41) is 8.13. The van der Waals surface area contributed by atoms with Crippen molar-refractivity contribution in [2.45, 2.75) is 31.3 Å². The molecule has 4 rings (SSSR count). The standard InChI is InChI=1S/C19H20N4O6/c24-14-5-4-12(17(26)22-14)23-18(27)11-2-1-3-13(16(11)19(23)28)29-9-15(25)21-10-6-7-20-8-10/h1-3,10,12,20H,4-9H2,(H,21,25)(H,22,24,26)/t10-,12?/m1/s1. The van der Waals surface area contributed by atoms with Crippen molar-refractivity contribution in [1.82, 2.24) is 20.9 Å². The molecule has 3 aliphatic rings. The fraction of sp³-hybridized carbons (Fsp3) is 0.421. The van der Waals surface area contributed by atoms with Gasteiger partial charge in [-0.05, 0) is 31.5 Å². The first-order valence-electron chi connectivity index (χ1n) is 9.43. The summed E-state index contributed by atoms with van der Waals surface area (Å²) in [6, 6.07) is 3.51. The topological polar surface area (TPSA) is 134 Å². The van der Waals surface area contributed by atoms with Crippen LogP contribution >= 0.6 is 0 Å². The second kappa shape index (κ2) is 7.63. The first-order valence-corrected chi connectivity index (χ1v) is 9.43. The SMILES string of the molecule is O=C1CCC(N2C(=O)c3cccc(OCC(=O)N[C@@H]4CCNC4)c3C2=O)C(=O)N1. The third-order valence-corrected chi connectivity index (χ3v) is 5.21. The molecule has 1 unspecified atom stereocenters. The maximum Gasteiger partial charge on any atom is 0.266 e. The number of ether oxygens (including phenoxy) is 1. The van der Waals surface area contributed by atoms with Gasteiger partial charge in [0, 0.05) is 19.0 Å². The van der Waals surface area contributed by atoms with Crippen LogP contribution in [0.25, 0.3) is 0 Å². The summed E-state index contributed by atoms with van der Waals surface area (Å²) >= 11 is 0. The van der Waals surface area contributed by atoms with Crippen LogP contribution in [0.5, 0.6) is 5.75 Å². The number of rotatable bonds is 5. The van der Waals surface area contributed by atoms with E-state index in [1.54, 1.807) is 6.07 Å². The van der Waals surface area contributed by atoms with E-state index in [0.29, 0.717) is 6.54 Å². The number of carbonyl (C=O) groups is 5. The van der Waals surface area contributed by atoms with Gasteiger partial charge in [-0.25, -0.2) is 0 Å². The minimum absolute atomic E-state index is 0.0255. The summed E-state index contributed by atoms with van der Waals surface area (Å²) in [6.45, 7) is 1.23. The highest BCUT2D eigenvalue weighted by Gasteiger charge is 2.46. The number of imide groups is 2. The number of carbonyl (C=O) groups excluding carboxylic acids is 5. The molecule has 2 atom stereocenters. The Balaban J connectivity index is 1.49. The maximum atomic E-state index is 12.9. The molecule has 10 heteroatoms. The Hall–Kier alpha value is -3.27. The molecule has 3 heterocycles. The minimum Gasteiger partial charge on any atom is -0.483 e. The number of nitrogens with one attached hydrogen (secondary N) is 3. The molecule has 2 saturated heterocycles. The smallest absolute Gasteiger partial charge is 0.266 e. The van der Waals surface area contributed by atoms with Crippen molar-refractivity contribution in [2.24, 2.45) is 0 Å². The van der Waals surface area contributed by atoms with Crippen LogP contribution in [0.4, 0.5) is 0 Å². The lowest BCUT2D eigenvalue weighted by Crippen LogP contribution is -2.54. The van der Waals surface area contributed by atoms with E-state index in [9.17, 15) is 24.0 Å². The average Bonchev–Trinajstić information content (AvgIpc) is 3.28. The van der Waals surface area contributed by atoms with Crippen LogP contribution in [0, 0.1) is 0 Å². The molecule has 0 radical (unpaired) electrons. The van der Waals surface area contributed by atoms with Crippen LogP contribution in [0.3, 0.4) is 0 Å². The quantitative estimate of drug-likeness (QED) is 0.537. The Morgan fingerprint density at radius 2 is 2.00 bits per heavy atom. The zero-order valence-corrected chi connectivity index (χ0v) is 15.5. The van der Waals surface area contributed by atoms with E-state index in [0.717, 1.165) is 17.9 Å². The van der Waals surface area contributed by atoms with Gasteiger partial charge in [0.25, 0.3) is 17.7 Å². The number of hydrogen-bond acceptors (Lipinski definition) is 7. The molecule has 10 nitrogen and oxygen atoms in total. The van der Waals surface area contributed by atoms with Crippen molar-refractivity contribution in [3.63, 3.8) is 0 Å². The van der Waals surface area contributed by atoms with E-state index < -0.39 is 29.7 Å². The number of piperidine rings is 1. The fourth-order valence-corrected chi connectivity index (χ4v) is 3.79. The zero-order chi connectivity index (χ0) is 20.5. The van der Waals surface area contributed by atoms with Crippen LogP contribution in [0.15, 0.2) is 18.2 Å². The van der Waals surface area contributed by atoms with Crippen molar-refractivity contribution in [2.75, 3.05) is 19.7 Å². The third kappa shape index (κ3) is 3.58. The Labute approximate surface area is 165 Å². The van der Waals surface area contributed by atoms with E-state index in [4.69, 9.17) is 4.74 Å². The first-order chi connectivity index (χ1) is 14.0. The molecule has 3 N–H and O–H groups in total. The predicted octanol–water partition coefficient (Wildman–Crippen LogP) is -1.06. The van der Waals surface area contributed by atoms with Gasteiger partial charge in [0.15, 0.2) is 6.61 Å². The Morgan fingerprint density at radius 1 is 1.17 bits per heavy atom. The second-order valence-electron chi connectivity index (χ2n) is 7.17. The summed E-state index contributed by atoms with van der Waals surface area (Å²) in [4.78, 5) is 62.1. The van der Waals surface area contributed by atoms with Gasteiger partial charge in [0.1, 0.15) is 11.8 Å². The fourth-order valence-electron chi connectivity index (χ4n) is 3.79. The second-order valence-corrected chi connectivity index (χ2v) is 7.17. The van der Waals surface area contributed by atoms with E-state index >= 15 is 0 Å². The van der Waals surface area contributed by atoms with Gasteiger partial charge in [-0.3, -0.25) is 34.2 Å². The third-order valence-electron chi connectivity index (χ3n) is 5.21. The Bertz CT molecular complexity index is 908. The summed E-state index contributed by atoms with van der Waals surface area (Å²) < 4.78 is 5.53. The normalized spacial score (nSPS) is 23.8. The number of hydrogen-bond donors (Lipinski definition) is 3. The van der Waals surface area contributed by atoms with E-state index in [-0.39, 0.29) is 48.3 Å². The number of benzene rings is 1. The van der Waals surface area contributed by atoms with Crippen molar-refractivity contribution in [1.29, 1.82) is 0 Å². The van der Waals surface area contributed by atoms with Gasteiger partial charge < -0.3 is 15.4 Å². The van der Waals surface area contributed by atoms with Crippen LogP contribution in [-0.4, -0.2) is 66.2 Å². The lowest BCUT2D eigenvalue weighted by molar-refractivity contribution is -0.136. The monoisotopic (exact) mass is 400 g/mol.